The number of aromatic nitrogens is 4. The van der Waals surface area contributed by atoms with Crippen LogP contribution >= 0.6 is 0 Å². The second kappa shape index (κ2) is 8.83. The fourth-order valence-electron chi connectivity index (χ4n) is 5.72. The number of carbonyl (C=O) groups is 2. The van der Waals surface area contributed by atoms with Crippen molar-refractivity contribution in [3.8, 4) is 11.4 Å². The van der Waals surface area contributed by atoms with Gasteiger partial charge in [-0.25, -0.2) is 9.48 Å². The lowest BCUT2D eigenvalue weighted by molar-refractivity contribution is -0.143. The molecule has 1 amide bonds. The topological polar surface area (TPSA) is 114 Å². The third-order valence-electron chi connectivity index (χ3n) is 8.24. The van der Waals surface area contributed by atoms with Gasteiger partial charge in [0.15, 0.2) is 5.82 Å². The molecule has 0 unspecified atom stereocenters. The monoisotopic (exact) mass is 480 g/mol. The van der Waals surface area contributed by atoms with Gasteiger partial charge in [-0.05, 0) is 73.3 Å². The number of nitrogens with zero attached hydrogens (tertiary/aromatic N) is 6. The normalized spacial score (nSPS) is 20.0. The average molecular weight is 481 g/mol. The van der Waals surface area contributed by atoms with Gasteiger partial charge in [-0.2, -0.15) is 0 Å². The molecule has 5 rings (SSSR count). The molecule has 2 aromatic rings. The van der Waals surface area contributed by atoms with E-state index in [0.717, 1.165) is 47.6 Å². The van der Waals surface area contributed by atoms with Crippen LogP contribution < -0.4 is 0 Å². The largest absolute Gasteiger partial charge is 0.456 e. The van der Waals surface area contributed by atoms with Gasteiger partial charge in [0.1, 0.15) is 6.61 Å². The Kier molecular flexibility index (Phi) is 5.96. The summed E-state index contributed by atoms with van der Waals surface area (Å²) in [7, 11) is 1.74. The third kappa shape index (κ3) is 3.84. The van der Waals surface area contributed by atoms with E-state index < -0.39 is 11.5 Å². The molecule has 35 heavy (non-hydrogen) atoms. The summed E-state index contributed by atoms with van der Waals surface area (Å²) in [6.45, 7) is 8.54. The SMILES string of the molecule is CCC1(C(=O)N(C)C2=C(C)C(=O)OC2)CCN(C[C@@H](O)c2ccc3c(c2C)Cn2nnnc2-3)CC1. The van der Waals surface area contributed by atoms with Crippen LogP contribution in [0.4, 0.5) is 0 Å². The number of cyclic esters (lactones) is 1. The predicted octanol–water partition coefficient (Wildman–Crippen LogP) is 1.83. The zero-order valence-electron chi connectivity index (χ0n) is 20.7. The van der Waals surface area contributed by atoms with Crippen LogP contribution in [0.25, 0.3) is 11.4 Å². The van der Waals surface area contributed by atoms with Gasteiger partial charge in [0.05, 0.1) is 29.3 Å². The van der Waals surface area contributed by atoms with E-state index in [1.807, 2.05) is 19.1 Å². The van der Waals surface area contributed by atoms with Crippen molar-refractivity contribution >= 4 is 11.9 Å². The van der Waals surface area contributed by atoms with Gasteiger partial charge in [0.25, 0.3) is 0 Å². The maximum absolute atomic E-state index is 13.5. The van der Waals surface area contributed by atoms with Crippen LogP contribution in [0, 0.1) is 12.3 Å². The summed E-state index contributed by atoms with van der Waals surface area (Å²) >= 11 is 0. The number of β-amino-alcohol motifs (C(OH)–C–C–N with tert-alkyl or cyclic N) is 1. The van der Waals surface area contributed by atoms with Crippen LogP contribution in [0.1, 0.15) is 55.9 Å². The number of hydrogen-bond donors (Lipinski definition) is 1. The Morgan fingerprint density at radius 2 is 2.03 bits per heavy atom. The number of aliphatic hydroxyl groups is 1. The van der Waals surface area contributed by atoms with Gasteiger partial charge < -0.3 is 19.6 Å². The molecule has 10 nitrogen and oxygen atoms in total. The molecule has 1 N–H and O–H groups in total. The van der Waals surface area contributed by atoms with E-state index >= 15 is 0 Å². The molecule has 0 aliphatic carbocycles. The van der Waals surface area contributed by atoms with Crippen molar-refractivity contribution in [1.82, 2.24) is 30.0 Å². The molecule has 10 heteroatoms. The minimum absolute atomic E-state index is 0.0444. The number of tetrazole rings is 1. The Morgan fingerprint density at radius 3 is 2.69 bits per heavy atom. The molecule has 1 saturated heterocycles. The summed E-state index contributed by atoms with van der Waals surface area (Å²) in [6.07, 6.45) is 1.53. The Morgan fingerprint density at radius 1 is 1.29 bits per heavy atom. The highest BCUT2D eigenvalue weighted by atomic mass is 16.5. The number of ether oxygens (including phenoxy) is 1. The van der Waals surface area contributed by atoms with Crippen molar-refractivity contribution in [1.29, 1.82) is 0 Å². The van der Waals surface area contributed by atoms with Gasteiger partial charge in [-0.3, -0.25) is 4.79 Å². The zero-order valence-corrected chi connectivity index (χ0v) is 20.7. The van der Waals surface area contributed by atoms with Crippen LogP contribution in [-0.2, 0) is 20.9 Å². The molecular weight excluding hydrogens is 448 g/mol. The molecule has 1 aromatic heterocycles. The summed E-state index contributed by atoms with van der Waals surface area (Å²) in [4.78, 5) is 29.1. The van der Waals surface area contributed by atoms with E-state index in [2.05, 4.69) is 27.3 Å². The molecule has 0 spiro atoms. The maximum Gasteiger partial charge on any atom is 0.336 e. The van der Waals surface area contributed by atoms with E-state index in [1.165, 1.54) is 0 Å². The van der Waals surface area contributed by atoms with Gasteiger partial charge in [-0.15, -0.1) is 5.10 Å². The number of hydrogen-bond acceptors (Lipinski definition) is 8. The summed E-state index contributed by atoms with van der Waals surface area (Å²) in [5.41, 5.74) is 4.83. The van der Waals surface area contributed by atoms with Gasteiger partial charge in [0, 0.05) is 19.2 Å². The molecule has 0 radical (unpaired) electrons. The van der Waals surface area contributed by atoms with Crippen molar-refractivity contribution in [2.45, 2.75) is 52.7 Å². The highest BCUT2D eigenvalue weighted by Crippen LogP contribution is 2.39. The Bertz CT molecular complexity index is 1210. The van der Waals surface area contributed by atoms with Crippen LogP contribution in [0.5, 0.6) is 0 Å². The standard InChI is InChI=1S/C25H32N6O4/c1-5-25(24(34)29(4)20-14-35-23(33)16(20)3)8-10-30(11-9-25)13-21(32)17-6-7-18-19(15(17)2)12-31-22(18)26-27-28-31/h6-7,21,32H,5,8-14H2,1-4H3/t21-/m1/s1. The molecular formula is C25H32N6O4. The number of amides is 1. The molecule has 0 saturated carbocycles. The lowest BCUT2D eigenvalue weighted by atomic mass is 9.74. The summed E-state index contributed by atoms with van der Waals surface area (Å²) in [5.74, 6) is 0.460. The first kappa shape index (κ1) is 23.6. The van der Waals surface area contributed by atoms with Crippen molar-refractivity contribution in [2.24, 2.45) is 5.41 Å². The van der Waals surface area contributed by atoms with Crippen LogP contribution in [0.2, 0.25) is 0 Å². The van der Waals surface area contributed by atoms with Crippen molar-refractivity contribution in [3.05, 3.63) is 40.1 Å². The van der Waals surface area contributed by atoms with E-state index in [-0.39, 0.29) is 18.5 Å². The number of fused-ring (bicyclic) bond motifs is 3. The molecule has 4 heterocycles. The predicted molar refractivity (Wildman–Crippen MR) is 127 cm³/mol. The number of benzene rings is 1. The Labute approximate surface area is 204 Å². The maximum atomic E-state index is 13.5. The van der Waals surface area contributed by atoms with Crippen LogP contribution in [-0.4, -0.2) is 80.3 Å². The van der Waals surface area contributed by atoms with Crippen LogP contribution in [0.3, 0.4) is 0 Å². The number of likely N-dealkylation sites (tertiary alicyclic amines) is 1. The van der Waals surface area contributed by atoms with Gasteiger partial charge >= 0.3 is 5.97 Å². The molecule has 1 fully saturated rings. The minimum atomic E-state index is -0.624. The highest BCUT2D eigenvalue weighted by molar-refractivity contribution is 5.93. The average Bonchev–Trinajstić information content (AvgIpc) is 3.55. The van der Waals surface area contributed by atoms with Crippen molar-refractivity contribution in [3.63, 3.8) is 0 Å². The quantitative estimate of drug-likeness (QED) is 0.532. The fourth-order valence-corrected chi connectivity index (χ4v) is 5.72. The van der Waals surface area contributed by atoms with Crippen LogP contribution in [0.15, 0.2) is 23.4 Å². The molecule has 1 aromatic carbocycles. The molecule has 1 atom stereocenters. The van der Waals surface area contributed by atoms with Gasteiger partial charge in [0.2, 0.25) is 5.91 Å². The molecule has 3 aliphatic heterocycles. The van der Waals surface area contributed by atoms with E-state index in [1.54, 1.807) is 23.6 Å². The number of aliphatic hydroxyl groups excluding tert-OH is 1. The first-order valence-electron chi connectivity index (χ1n) is 12.2. The molecule has 0 bridgehead atoms. The van der Waals surface area contributed by atoms with E-state index in [9.17, 15) is 14.7 Å². The van der Waals surface area contributed by atoms with Crippen molar-refractivity contribution < 1.29 is 19.4 Å². The number of likely N-dealkylation sites (N-methyl/N-ethyl adjacent to an activating group) is 1. The van der Waals surface area contributed by atoms with Gasteiger partial charge in [-0.1, -0.05) is 19.1 Å². The second-order valence-electron chi connectivity index (χ2n) is 9.93. The first-order valence-corrected chi connectivity index (χ1v) is 12.2. The Hall–Kier alpha value is -3.11. The smallest absolute Gasteiger partial charge is 0.336 e. The molecule has 3 aliphatic rings. The Balaban J connectivity index is 1.24. The summed E-state index contributed by atoms with van der Waals surface area (Å²) in [5, 5.41) is 23.0. The first-order chi connectivity index (χ1) is 16.8. The zero-order chi connectivity index (χ0) is 24.9. The number of esters is 1. The summed E-state index contributed by atoms with van der Waals surface area (Å²) in [6, 6.07) is 3.97. The summed E-state index contributed by atoms with van der Waals surface area (Å²) < 4.78 is 6.88. The second-order valence-corrected chi connectivity index (χ2v) is 9.93. The number of rotatable bonds is 6. The van der Waals surface area contributed by atoms with E-state index in [0.29, 0.717) is 37.2 Å². The third-order valence-corrected chi connectivity index (χ3v) is 8.24. The molecule has 186 valence electrons. The fraction of sp³-hybridized carbons (Fsp3) is 0.560. The number of carbonyl (C=O) groups excluding carboxylic acids is 2. The van der Waals surface area contributed by atoms with Crippen molar-refractivity contribution in [2.75, 3.05) is 33.3 Å². The lowest BCUT2D eigenvalue weighted by Gasteiger charge is -2.42. The minimum Gasteiger partial charge on any atom is -0.456 e. The highest BCUT2D eigenvalue weighted by Gasteiger charge is 2.43. The van der Waals surface area contributed by atoms with E-state index in [4.69, 9.17) is 4.74 Å². The number of piperidine rings is 1. The lowest BCUT2D eigenvalue weighted by Crippen LogP contribution is -2.49.